The smallest absolute Gasteiger partial charge is 0.346 e. The fourth-order valence-corrected chi connectivity index (χ4v) is 2.44. The maximum atomic E-state index is 12.9. The summed E-state index contributed by atoms with van der Waals surface area (Å²) in [5, 5.41) is 10.4. The van der Waals surface area contributed by atoms with E-state index in [0.29, 0.717) is 10.2 Å². The maximum absolute atomic E-state index is 12.9. The molecule has 0 amide bonds. The summed E-state index contributed by atoms with van der Waals surface area (Å²) in [5.41, 5.74) is 0.791. The topological polar surface area (TPSA) is 46.5 Å². The summed E-state index contributed by atoms with van der Waals surface area (Å²) >= 11 is 4.34. The molecule has 0 saturated heterocycles. The van der Waals surface area contributed by atoms with Crippen LogP contribution >= 0.6 is 27.3 Å². The van der Waals surface area contributed by atoms with E-state index in [1.807, 2.05) is 0 Å². The standard InChI is InChI=1S/C12H8BrFO3S/c13-10-3-8(14)2-1-7(10)5-17-9-4-11(12(15)16)18-6-9/h1-4,6H,5H2,(H,15,16). The molecule has 1 N–H and O–H groups in total. The first-order valence-electron chi connectivity index (χ1n) is 4.95. The summed E-state index contributed by atoms with van der Waals surface area (Å²) < 4.78 is 18.9. The Balaban J connectivity index is 2.04. The highest BCUT2D eigenvalue weighted by Crippen LogP contribution is 2.24. The summed E-state index contributed by atoms with van der Waals surface area (Å²) in [4.78, 5) is 10.9. The summed E-state index contributed by atoms with van der Waals surface area (Å²) in [6.07, 6.45) is 0. The maximum Gasteiger partial charge on any atom is 0.346 e. The van der Waals surface area contributed by atoms with E-state index in [0.717, 1.165) is 16.9 Å². The van der Waals surface area contributed by atoms with Crippen LogP contribution in [0.25, 0.3) is 0 Å². The van der Waals surface area contributed by atoms with Crippen LogP contribution in [-0.4, -0.2) is 11.1 Å². The fourth-order valence-electron chi connectivity index (χ4n) is 1.31. The molecule has 0 aliphatic heterocycles. The fraction of sp³-hybridized carbons (Fsp3) is 0.0833. The molecule has 0 fully saturated rings. The second-order valence-electron chi connectivity index (χ2n) is 3.48. The number of thiophene rings is 1. The molecule has 0 atom stereocenters. The quantitative estimate of drug-likeness (QED) is 0.923. The Morgan fingerprint density at radius 2 is 2.22 bits per heavy atom. The first kappa shape index (κ1) is 13.0. The van der Waals surface area contributed by atoms with Gasteiger partial charge in [0.25, 0.3) is 0 Å². The molecule has 94 valence electrons. The molecule has 0 aliphatic carbocycles. The zero-order valence-corrected chi connectivity index (χ0v) is 11.4. The first-order chi connectivity index (χ1) is 8.56. The number of rotatable bonds is 4. The molecule has 1 aromatic carbocycles. The van der Waals surface area contributed by atoms with Gasteiger partial charge < -0.3 is 9.84 Å². The molecule has 18 heavy (non-hydrogen) atoms. The Hall–Kier alpha value is -1.40. The molecule has 0 bridgehead atoms. The minimum Gasteiger partial charge on any atom is -0.488 e. The van der Waals surface area contributed by atoms with Crippen molar-refractivity contribution in [2.75, 3.05) is 0 Å². The van der Waals surface area contributed by atoms with Gasteiger partial charge in [-0.15, -0.1) is 11.3 Å². The van der Waals surface area contributed by atoms with Crippen molar-refractivity contribution in [1.29, 1.82) is 0 Å². The molecule has 0 aliphatic rings. The van der Waals surface area contributed by atoms with Gasteiger partial charge in [-0.2, -0.15) is 0 Å². The van der Waals surface area contributed by atoms with Crippen LogP contribution in [0.1, 0.15) is 15.2 Å². The summed E-state index contributed by atoms with van der Waals surface area (Å²) in [6.45, 7) is 0.247. The van der Waals surface area contributed by atoms with E-state index in [2.05, 4.69) is 15.9 Å². The summed E-state index contributed by atoms with van der Waals surface area (Å²) in [6, 6.07) is 5.78. The van der Waals surface area contributed by atoms with Crippen LogP contribution in [0.5, 0.6) is 5.75 Å². The average Bonchev–Trinajstić information content (AvgIpc) is 2.76. The van der Waals surface area contributed by atoms with Crippen molar-refractivity contribution in [3.8, 4) is 5.75 Å². The van der Waals surface area contributed by atoms with Gasteiger partial charge in [0, 0.05) is 21.5 Å². The van der Waals surface area contributed by atoms with E-state index in [1.165, 1.54) is 18.2 Å². The van der Waals surface area contributed by atoms with E-state index in [4.69, 9.17) is 9.84 Å². The third-order valence-corrected chi connectivity index (χ3v) is 3.83. The highest BCUT2D eigenvalue weighted by Gasteiger charge is 2.08. The number of carboxylic acid groups (broad SMARTS) is 1. The molecule has 0 radical (unpaired) electrons. The third kappa shape index (κ3) is 3.08. The van der Waals surface area contributed by atoms with E-state index in [-0.39, 0.29) is 17.3 Å². The average molecular weight is 331 g/mol. The van der Waals surface area contributed by atoms with Crippen molar-refractivity contribution in [2.45, 2.75) is 6.61 Å². The van der Waals surface area contributed by atoms with Crippen LogP contribution in [0.2, 0.25) is 0 Å². The molecule has 3 nitrogen and oxygen atoms in total. The molecule has 1 aromatic heterocycles. The zero-order chi connectivity index (χ0) is 13.1. The van der Waals surface area contributed by atoms with Gasteiger partial charge in [0.2, 0.25) is 0 Å². The summed E-state index contributed by atoms with van der Waals surface area (Å²) in [7, 11) is 0. The highest BCUT2D eigenvalue weighted by molar-refractivity contribution is 9.10. The van der Waals surface area contributed by atoms with Gasteiger partial charge in [-0.05, 0) is 12.1 Å². The van der Waals surface area contributed by atoms with E-state index >= 15 is 0 Å². The zero-order valence-electron chi connectivity index (χ0n) is 9.02. The van der Waals surface area contributed by atoms with E-state index in [9.17, 15) is 9.18 Å². The SMILES string of the molecule is O=C(O)c1cc(OCc2ccc(F)cc2Br)cs1. The second kappa shape index (κ2) is 5.49. The normalized spacial score (nSPS) is 10.3. The van der Waals surface area contributed by atoms with Crippen molar-refractivity contribution in [3.63, 3.8) is 0 Å². The number of hydrogen-bond acceptors (Lipinski definition) is 3. The van der Waals surface area contributed by atoms with Crippen LogP contribution in [0.3, 0.4) is 0 Å². The number of benzene rings is 1. The molecular formula is C12H8BrFO3S. The first-order valence-corrected chi connectivity index (χ1v) is 6.62. The van der Waals surface area contributed by atoms with Gasteiger partial charge in [0.1, 0.15) is 23.1 Å². The van der Waals surface area contributed by atoms with Crippen LogP contribution in [0, 0.1) is 5.82 Å². The Morgan fingerprint density at radius 3 is 2.83 bits per heavy atom. The minimum absolute atomic E-state index is 0.225. The lowest BCUT2D eigenvalue weighted by molar-refractivity contribution is 0.0702. The van der Waals surface area contributed by atoms with Crippen molar-refractivity contribution < 1.29 is 19.0 Å². The van der Waals surface area contributed by atoms with Crippen molar-refractivity contribution in [1.82, 2.24) is 0 Å². The lowest BCUT2D eigenvalue weighted by Crippen LogP contribution is -1.96. The molecule has 1 heterocycles. The van der Waals surface area contributed by atoms with Gasteiger partial charge in [-0.1, -0.05) is 22.0 Å². The van der Waals surface area contributed by atoms with Crippen molar-refractivity contribution in [2.24, 2.45) is 0 Å². The molecule has 0 spiro atoms. The van der Waals surface area contributed by atoms with Gasteiger partial charge in [0.05, 0.1) is 0 Å². The number of carboxylic acids is 1. The number of halogens is 2. The minimum atomic E-state index is -0.974. The van der Waals surface area contributed by atoms with Crippen molar-refractivity contribution >= 4 is 33.2 Å². The predicted molar refractivity (Wildman–Crippen MR) is 69.7 cm³/mol. The van der Waals surface area contributed by atoms with Gasteiger partial charge in [0.15, 0.2) is 0 Å². The number of aromatic carboxylic acids is 1. The summed E-state index contributed by atoms with van der Waals surface area (Å²) in [5.74, 6) is -0.805. The number of hydrogen-bond donors (Lipinski definition) is 1. The molecule has 6 heteroatoms. The monoisotopic (exact) mass is 330 g/mol. The van der Waals surface area contributed by atoms with Crippen LogP contribution in [-0.2, 0) is 6.61 Å². The van der Waals surface area contributed by atoms with Crippen LogP contribution < -0.4 is 4.74 Å². The lowest BCUT2D eigenvalue weighted by Gasteiger charge is -2.06. The molecule has 2 aromatic rings. The largest absolute Gasteiger partial charge is 0.488 e. The van der Waals surface area contributed by atoms with Gasteiger partial charge >= 0.3 is 5.97 Å². The number of ether oxygens (including phenoxy) is 1. The Labute approximate surface area is 115 Å². The number of carbonyl (C=O) groups is 1. The van der Waals surface area contributed by atoms with Crippen LogP contribution in [0.15, 0.2) is 34.1 Å². The molecule has 0 unspecified atom stereocenters. The lowest BCUT2D eigenvalue weighted by atomic mass is 10.2. The second-order valence-corrected chi connectivity index (χ2v) is 5.24. The van der Waals surface area contributed by atoms with Crippen molar-refractivity contribution in [3.05, 3.63) is 50.4 Å². The third-order valence-electron chi connectivity index (χ3n) is 2.20. The van der Waals surface area contributed by atoms with Gasteiger partial charge in [-0.25, -0.2) is 9.18 Å². The Morgan fingerprint density at radius 1 is 1.44 bits per heavy atom. The van der Waals surface area contributed by atoms with Gasteiger partial charge in [-0.3, -0.25) is 0 Å². The predicted octanol–water partition coefficient (Wildman–Crippen LogP) is 3.93. The van der Waals surface area contributed by atoms with E-state index in [1.54, 1.807) is 11.4 Å². The molecule has 2 rings (SSSR count). The molecule has 0 saturated carbocycles. The van der Waals surface area contributed by atoms with Crippen LogP contribution in [0.4, 0.5) is 4.39 Å². The van der Waals surface area contributed by atoms with E-state index < -0.39 is 5.97 Å². The Kier molecular flexibility index (Phi) is 3.98. The Bertz CT molecular complexity index is 582. The molecular weight excluding hydrogens is 323 g/mol. The highest BCUT2D eigenvalue weighted by atomic mass is 79.9.